The maximum absolute atomic E-state index is 9.86. The number of benzene rings is 10. The van der Waals surface area contributed by atoms with E-state index in [4.69, 9.17) is 20.1 Å². The van der Waals surface area contributed by atoms with Crippen LogP contribution in [0.15, 0.2) is 213 Å². The molecule has 0 amide bonds. The molecule has 0 aliphatic carbocycles. The Morgan fingerprint density at radius 3 is 1.43 bits per heavy atom. The van der Waals surface area contributed by atoms with Gasteiger partial charge in [-0.05, 0) is 82.6 Å². The first-order valence-electron chi connectivity index (χ1n) is 29.1. The van der Waals surface area contributed by atoms with Crippen molar-refractivity contribution in [3.63, 3.8) is 0 Å². The van der Waals surface area contributed by atoms with Crippen LogP contribution in [0.3, 0.4) is 0 Å². The van der Waals surface area contributed by atoms with Gasteiger partial charge in [0, 0.05) is 80.7 Å². The summed E-state index contributed by atoms with van der Waals surface area (Å²) >= 11 is 1.48. The van der Waals surface area contributed by atoms with Crippen LogP contribution in [0.5, 0.6) is 0 Å². The molecule has 0 atom stereocenters. The van der Waals surface area contributed by atoms with Crippen molar-refractivity contribution in [3.8, 4) is 11.1 Å². The molecule has 0 saturated carbocycles. The number of thiophene rings is 1. The lowest BCUT2D eigenvalue weighted by Crippen LogP contribution is -2.61. The molecule has 2 aliphatic rings. The molecule has 7 heteroatoms. The first kappa shape index (κ1) is 24.7. The van der Waals surface area contributed by atoms with Gasteiger partial charge in [-0.1, -0.05) is 139 Å². The number of anilines is 6. The Morgan fingerprint density at radius 2 is 0.866 bits per heavy atom. The number of para-hydroxylation sites is 5. The van der Waals surface area contributed by atoms with Gasteiger partial charge in [0.2, 0.25) is 0 Å². The molecule has 4 aromatic heterocycles. The van der Waals surface area contributed by atoms with E-state index in [9.17, 15) is 13.7 Å². The third kappa shape index (κ3) is 4.63. The van der Waals surface area contributed by atoms with Crippen LogP contribution in [0.2, 0.25) is 0 Å². The van der Waals surface area contributed by atoms with Gasteiger partial charge in [0.15, 0.2) is 11.2 Å². The molecule has 5 nitrogen and oxygen atoms in total. The number of hydrogen-bond acceptors (Lipinski definition) is 6. The molecule has 310 valence electrons. The highest BCUT2D eigenvalue weighted by molar-refractivity contribution is 7.28. The molecule has 0 bridgehead atoms. The molecule has 0 unspecified atom stereocenters. The minimum atomic E-state index is -1.08. The lowest BCUT2D eigenvalue weighted by atomic mass is 9.33. The van der Waals surface area contributed by atoms with E-state index >= 15 is 0 Å². The highest BCUT2D eigenvalue weighted by Gasteiger charge is 2.49. The summed E-state index contributed by atoms with van der Waals surface area (Å²) in [5.74, 6) is 0. The lowest BCUT2D eigenvalue weighted by molar-refractivity contribution is 0.665. The van der Waals surface area contributed by atoms with Crippen molar-refractivity contribution in [3.05, 3.63) is 200 Å². The second-order valence-corrected chi connectivity index (χ2v) is 17.8. The van der Waals surface area contributed by atoms with Crippen molar-refractivity contribution in [2.24, 2.45) is 0 Å². The monoisotopic (exact) mass is 887 g/mol. The van der Waals surface area contributed by atoms with Crippen molar-refractivity contribution in [1.29, 1.82) is 0 Å². The molecular formula is C60H33BN2O3S. The Hall–Kier alpha value is -8.52. The largest absolute Gasteiger partial charge is 0.456 e. The number of rotatable bonds is 3. The van der Waals surface area contributed by atoms with Crippen LogP contribution >= 0.6 is 11.3 Å². The number of hydrogen-bond donors (Lipinski definition) is 0. The second-order valence-electron chi connectivity index (χ2n) is 16.7. The van der Waals surface area contributed by atoms with E-state index < -0.39 is 97.3 Å². The predicted octanol–water partition coefficient (Wildman–Crippen LogP) is 15.5. The fourth-order valence-corrected chi connectivity index (χ4v) is 12.3. The molecule has 2 aliphatic heterocycles. The van der Waals surface area contributed by atoms with Gasteiger partial charge in [0.25, 0.3) is 6.71 Å². The SMILES string of the molecule is [2H]c1c([2H])c([2H])c(-c2cc3c4c(c2)N(c2c([2H])c([2H])c([2H])c([2H])c2[2H])c2c(c5sc6ccccc6c5c5c2oc2ccccc25)B4c2c(c4oc5ccccc5c4c4c2oc2ccccc24)N3c2c([2H])c([2H])c([2H])c([2H])c2[2H])c([2H])c1[2H]. The minimum Gasteiger partial charge on any atom is -0.456 e. The molecule has 0 fully saturated rings. The first-order chi connectivity index (χ1) is 39.5. The van der Waals surface area contributed by atoms with E-state index in [1.165, 1.54) is 16.2 Å². The minimum absolute atomic E-state index is 0.0272. The van der Waals surface area contributed by atoms with Gasteiger partial charge in [-0.2, -0.15) is 0 Å². The van der Waals surface area contributed by atoms with Gasteiger partial charge in [-0.25, -0.2) is 0 Å². The summed E-state index contributed by atoms with van der Waals surface area (Å²) < 4.78 is 163. The zero-order valence-corrected chi connectivity index (χ0v) is 35.3. The van der Waals surface area contributed by atoms with Crippen molar-refractivity contribution >= 4 is 155 Å². The highest BCUT2D eigenvalue weighted by Crippen LogP contribution is 2.55. The normalized spacial score (nSPS) is 16.4. The van der Waals surface area contributed by atoms with Gasteiger partial charge >= 0.3 is 0 Å². The molecule has 0 radical (unpaired) electrons. The summed E-state index contributed by atoms with van der Waals surface area (Å²) in [5.41, 5.74) is 3.11. The molecule has 67 heavy (non-hydrogen) atoms. The third-order valence-corrected chi connectivity index (χ3v) is 14.7. The molecule has 0 N–H and O–H groups in total. The quantitative estimate of drug-likeness (QED) is 0.165. The van der Waals surface area contributed by atoms with Crippen molar-refractivity contribution < 1.29 is 33.8 Å². The van der Waals surface area contributed by atoms with Crippen LogP contribution < -0.4 is 26.2 Å². The number of nitrogens with zero attached hydrogens (tertiary/aromatic N) is 2. The average Bonchev–Trinajstić information content (AvgIpc) is 1.59. The Morgan fingerprint density at radius 1 is 0.418 bits per heavy atom. The number of fused-ring (bicyclic) bond motifs is 22. The topological polar surface area (TPSA) is 45.9 Å². The Labute approximate surface area is 408 Å². The first-order valence-corrected chi connectivity index (χ1v) is 22.4. The lowest BCUT2D eigenvalue weighted by Gasteiger charge is -2.44. The summed E-state index contributed by atoms with van der Waals surface area (Å²) in [6.45, 7) is -1.08. The molecular weight excluding hydrogens is 840 g/mol. The van der Waals surface area contributed by atoms with Crippen molar-refractivity contribution in [1.82, 2.24) is 0 Å². The smallest absolute Gasteiger partial charge is 0.259 e. The predicted molar refractivity (Wildman–Crippen MR) is 281 cm³/mol. The van der Waals surface area contributed by atoms with Crippen molar-refractivity contribution in [2.45, 2.75) is 0 Å². The summed E-state index contributed by atoms with van der Waals surface area (Å²) in [6, 6.07) is 23.8. The Kier molecular flexibility index (Phi) is 4.81. The maximum Gasteiger partial charge on any atom is 0.259 e. The summed E-state index contributed by atoms with van der Waals surface area (Å²) in [4.78, 5) is 3.05. The highest BCUT2D eigenvalue weighted by atomic mass is 32.1. The van der Waals surface area contributed by atoms with Crippen LogP contribution in [0, 0.1) is 0 Å². The number of furan rings is 3. The van der Waals surface area contributed by atoms with Crippen LogP contribution in [-0.4, -0.2) is 6.71 Å². The van der Waals surface area contributed by atoms with Gasteiger partial charge in [-0.3, -0.25) is 0 Å². The zero-order chi connectivity index (χ0) is 56.5. The third-order valence-electron chi connectivity index (χ3n) is 13.5. The van der Waals surface area contributed by atoms with Crippen LogP contribution in [0.4, 0.5) is 34.1 Å². The molecule has 0 saturated heterocycles. The van der Waals surface area contributed by atoms with E-state index in [0.29, 0.717) is 75.7 Å². The van der Waals surface area contributed by atoms with Crippen molar-refractivity contribution in [2.75, 3.05) is 9.80 Å². The standard InChI is InChI=1S/C60H33BN2O3S/c1-4-18-34(19-5-1)35-32-42-52-43(33-35)63(37-22-8-3-9-23-37)56-54(60-51(41-27-13-17-31-47(41)67-60)50-40-26-12-16-30-46(40)66-59(50)56)61(52)53-55(62(42)36-20-6-2-7-21-36)58-49(39-25-11-15-29-45(39)65-58)48-38-24-10-14-28-44(38)64-57(48)53/h1-33H/i1D,2D,3D,4D,5D,6D,7D,8D,9D,18D,19D,20D,21D,22D,23D. The van der Waals surface area contributed by atoms with E-state index in [0.717, 1.165) is 15.5 Å². The summed E-state index contributed by atoms with van der Waals surface area (Å²) in [7, 11) is 0. The van der Waals surface area contributed by atoms with E-state index in [2.05, 4.69) is 0 Å². The van der Waals surface area contributed by atoms with E-state index in [1.807, 2.05) is 97.1 Å². The molecule has 6 heterocycles. The summed E-state index contributed by atoms with van der Waals surface area (Å²) in [5, 5.41) is 5.64. The fraction of sp³-hybridized carbons (Fsp3) is 0. The second kappa shape index (κ2) is 13.1. The Balaban J connectivity index is 1.24. The Bertz CT molecular complexity index is 4980. The average molecular weight is 888 g/mol. The molecule has 10 aromatic carbocycles. The maximum atomic E-state index is 9.86. The van der Waals surface area contributed by atoms with Gasteiger partial charge < -0.3 is 23.1 Å². The van der Waals surface area contributed by atoms with Gasteiger partial charge in [0.1, 0.15) is 22.3 Å². The van der Waals surface area contributed by atoms with E-state index in [-0.39, 0.29) is 56.4 Å². The zero-order valence-electron chi connectivity index (χ0n) is 49.5. The molecule has 0 spiro atoms. The summed E-state index contributed by atoms with van der Waals surface area (Å²) in [6.07, 6.45) is 0. The van der Waals surface area contributed by atoms with Crippen LogP contribution in [-0.2, 0) is 0 Å². The fourth-order valence-electron chi connectivity index (χ4n) is 11.0. The van der Waals surface area contributed by atoms with Gasteiger partial charge in [0.05, 0.1) is 31.9 Å². The van der Waals surface area contributed by atoms with Gasteiger partial charge in [-0.15, -0.1) is 11.3 Å². The molecule has 14 aromatic rings. The van der Waals surface area contributed by atoms with E-state index in [1.54, 1.807) is 17.0 Å². The molecule has 16 rings (SSSR count). The van der Waals surface area contributed by atoms with Crippen LogP contribution in [0.1, 0.15) is 20.6 Å². The van der Waals surface area contributed by atoms with Crippen LogP contribution in [0.25, 0.3) is 97.1 Å².